The maximum atomic E-state index is 6.18. The third-order valence-corrected chi connectivity index (χ3v) is 3.66. The van der Waals surface area contributed by atoms with Gasteiger partial charge in [0.05, 0.1) is 6.04 Å². The Balaban J connectivity index is 1.89. The number of rotatable bonds is 2. The van der Waals surface area contributed by atoms with Gasteiger partial charge >= 0.3 is 0 Å². The topological polar surface area (TPSA) is 56.7 Å². The Hall–Kier alpha value is -0.900. The molecule has 0 bridgehead atoms. The van der Waals surface area contributed by atoms with Crippen LogP contribution < -0.4 is 5.73 Å². The summed E-state index contributed by atoms with van der Waals surface area (Å²) in [7, 11) is 0. The Morgan fingerprint density at radius 2 is 2.13 bits per heavy atom. The predicted molar refractivity (Wildman–Crippen MR) is 57.2 cm³/mol. The van der Waals surface area contributed by atoms with E-state index in [4.69, 9.17) is 5.73 Å². The van der Waals surface area contributed by atoms with Gasteiger partial charge in [0, 0.05) is 13.0 Å². The zero-order chi connectivity index (χ0) is 10.4. The van der Waals surface area contributed by atoms with Crippen LogP contribution in [0, 0.1) is 11.8 Å². The van der Waals surface area contributed by atoms with Gasteiger partial charge in [-0.25, -0.2) is 0 Å². The number of nitrogens with zero attached hydrogens (tertiary/aromatic N) is 3. The molecule has 2 atom stereocenters. The minimum Gasteiger partial charge on any atom is -0.321 e. The molecule has 2 unspecified atom stereocenters. The summed E-state index contributed by atoms with van der Waals surface area (Å²) in [5, 5.41) is 8.55. The van der Waals surface area contributed by atoms with Crippen LogP contribution >= 0.6 is 0 Å². The van der Waals surface area contributed by atoms with Crippen LogP contribution in [0.3, 0.4) is 0 Å². The van der Waals surface area contributed by atoms with Crippen molar-refractivity contribution < 1.29 is 0 Å². The van der Waals surface area contributed by atoms with Gasteiger partial charge in [-0.15, -0.1) is 10.2 Å². The molecule has 15 heavy (non-hydrogen) atoms. The molecule has 3 rings (SSSR count). The van der Waals surface area contributed by atoms with Crippen LogP contribution in [0.2, 0.25) is 0 Å². The van der Waals surface area contributed by atoms with Gasteiger partial charge in [-0.1, -0.05) is 6.92 Å². The van der Waals surface area contributed by atoms with Crippen molar-refractivity contribution in [3.05, 3.63) is 11.6 Å². The maximum Gasteiger partial charge on any atom is 0.150 e. The summed E-state index contributed by atoms with van der Waals surface area (Å²) in [6.45, 7) is 3.33. The lowest BCUT2D eigenvalue weighted by molar-refractivity contribution is 0.393. The van der Waals surface area contributed by atoms with Crippen LogP contribution in [0.1, 0.15) is 43.9 Å². The molecular formula is C11H18N4. The average molecular weight is 206 g/mol. The predicted octanol–water partition coefficient (Wildman–Crippen LogP) is 1.27. The minimum atomic E-state index is 0.125. The fourth-order valence-electron chi connectivity index (χ4n) is 2.42. The standard InChI is InChI=1S/C11H18N4/c1-7-4-5-15-9(6-7)13-14-11(15)10(12)8-2-3-8/h7-8,10H,2-6,12H2,1H3. The minimum absolute atomic E-state index is 0.125. The molecule has 2 N–H and O–H groups in total. The summed E-state index contributed by atoms with van der Waals surface area (Å²) < 4.78 is 2.25. The quantitative estimate of drug-likeness (QED) is 0.792. The van der Waals surface area contributed by atoms with Gasteiger partial charge in [-0.2, -0.15) is 0 Å². The highest BCUT2D eigenvalue weighted by Gasteiger charge is 2.34. The first-order valence-electron chi connectivity index (χ1n) is 5.93. The van der Waals surface area contributed by atoms with Crippen LogP contribution in [0.4, 0.5) is 0 Å². The fraction of sp³-hybridized carbons (Fsp3) is 0.818. The smallest absolute Gasteiger partial charge is 0.150 e. The summed E-state index contributed by atoms with van der Waals surface area (Å²) in [6.07, 6.45) is 4.82. The van der Waals surface area contributed by atoms with E-state index in [9.17, 15) is 0 Å². The first kappa shape index (κ1) is 9.33. The molecule has 4 heteroatoms. The Morgan fingerprint density at radius 3 is 2.87 bits per heavy atom. The van der Waals surface area contributed by atoms with Gasteiger partial charge in [0.15, 0.2) is 0 Å². The summed E-state index contributed by atoms with van der Waals surface area (Å²) in [5.41, 5.74) is 6.18. The molecule has 2 heterocycles. The molecule has 0 saturated heterocycles. The average Bonchev–Trinajstić information content (AvgIpc) is 2.98. The molecule has 2 aliphatic rings. The van der Waals surface area contributed by atoms with Crippen LogP contribution in [0.5, 0.6) is 0 Å². The molecule has 1 fully saturated rings. The van der Waals surface area contributed by atoms with Gasteiger partial charge in [0.2, 0.25) is 0 Å². The van der Waals surface area contributed by atoms with E-state index >= 15 is 0 Å². The van der Waals surface area contributed by atoms with Crippen molar-refractivity contribution in [1.82, 2.24) is 14.8 Å². The first-order chi connectivity index (χ1) is 7.25. The Kier molecular flexibility index (Phi) is 2.06. The van der Waals surface area contributed by atoms with Crippen molar-refractivity contribution in [1.29, 1.82) is 0 Å². The number of hydrogen-bond donors (Lipinski definition) is 1. The summed E-state index contributed by atoms with van der Waals surface area (Å²) in [5.74, 6) is 3.57. The third-order valence-electron chi connectivity index (χ3n) is 3.66. The molecule has 82 valence electrons. The zero-order valence-electron chi connectivity index (χ0n) is 9.19. The van der Waals surface area contributed by atoms with Crippen LogP contribution in [0.25, 0.3) is 0 Å². The second kappa shape index (κ2) is 3.30. The van der Waals surface area contributed by atoms with Gasteiger partial charge in [0.1, 0.15) is 11.6 Å². The molecule has 0 amide bonds. The van der Waals surface area contributed by atoms with E-state index in [1.807, 2.05) is 0 Å². The lowest BCUT2D eigenvalue weighted by atomic mass is 10.00. The normalized spacial score (nSPS) is 27.5. The SMILES string of the molecule is CC1CCn2c(nnc2C(N)C2CC2)C1. The van der Waals surface area contributed by atoms with Crippen molar-refractivity contribution in [2.24, 2.45) is 17.6 Å². The second-order valence-corrected chi connectivity index (χ2v) is 5.09. The van der Waals surface area contributed by atoms with E-state index in [0.717, 1.165) is 30.5 Å². The molecule has 1 aromatic rings. The number of fused-ring (bicyclic) bond motifs is 1. The highest BCUT2D eigenvalue weighted by molar-refractivity contribution is 5.07. The summed E-state index contributed by atoms with van der Waals surface area (Å²) >= 11 is 0. The molecular weight excluding hydrogens is 188 g/mol. The highest BCUT2D eigenvalue weighted by Crippen LogP contribution is 2.39. The van der Waals surface area contributed by atoms with Crippen LogP contribution in [-0.2, 0) is 13.0 Å². The highest BCUT2D eigenvalue weighted by atomic mass is 15.3. The van der Waals surface area contributed by atoms with E-state index < -0.39 is 0 Å². The van der Waals surface area contributed by atoms with E-state index in [-0.39, 0.29) is 6.04 Å². The molecule has 0 aromatic carbocycles. The first-order valence-corrected chi connectivity index (χ1v) is 5.93. The third kappa shape index (κ3) is 1.57. The van der Waals surface area contributed by atoms with Crippen LogP contribution in [0.15, 0.2) is 0 Å². The van der Waals surface area contributed by atoms with E-state index in [0.29, 0.717) is 5.92 Å². The maximum absolute atomic E-state index is 6.18. The summed E-state index contributed by atoms with van der Waals surface area (Å²) in [6, 6.07) is 0.125. The van der Waals surface area contributed by atoms with E-state index in [1.54, 1.807) is 0 Å². The zero-order valence-corrected chi connectivity index (χ0v) is 9.19. The number of hydrogen-bond acceptors (Lipinski definition) is 3. The van der Waals surface area contributed by atoms with Gasteiger partial charge in [0.25, 0.3) is 0 Å². The number of aromatic nitrogens is 3. The van der Waals surface area contributed by atoms with E-state index in [1.165, 1.54) is 19.3 Å². The lowest BCUT2D eigenvalue weighted by Gasteiger charge is -2.21. The van der Waals surface area contributed by atoms with Crippen molar-refractivity contribution >= 4 is 0 Å². The van der Waals surface area contributed by atoms with Crippen LogP contribution in [-0.4, -0.2) is 14.8 Å². The molecule has 1 aromatic heterocycles. The van der Waals surface area contributed by atoms with Gasteiger partial charge in [-0.05, 0) is 31.1 Å². The molecule has 1 saturated carbocycles. The van der Waals surface area contributed by atoms with Crippen molar-refractivity contribution in [2.45, 2.75) is 45.2 Å². The van der Waals surface area contributed by atoms with Crippen molar-refractivity contribution in [2.75, 3.05) is 0 Å². The molecule has 0 radical (unpaired) electrons. The van der Waals surface area contributed by atoms with E-state index in [2.05, 4.69) is 21.7 Å². The lowest BCUT2D eigenvalue weighted by Crippen LogP contribution is -2.23. The Morgan fingerprint density at radius 1 is 1.33 bits per heavy atom. The molecule has 1 aliphatic carbocycles. The van der Waals surface area contributed by atoms with Crippen molar-refractivity contribution in [3.63, 3.8) is 0 Å². The second-order valence-electron chi connectivity index (χ2n) is 5.09. The largest absolute Gasteiger partial charge is 0.321 e. The molecule has 1 aliphatic heterocycles. The van der Waals surface area contributed by atoms with Gasteiger partial charge in [-0.3, -0.25) is 0 Å². The Labute approximate surface area is 89.9 Å². The molecule has 0 spiro atoms. The fourth-order valence-corrected chi connectivity index (χ4v) is 2.42. The monoisotopic (exact) mass is 206 g/mol. The molecule has 4 nitrogen and oxygen atoms in total. The summed E-state index contributed by atoms with van der Waals surface area (Å²) in [4.78, 5) is 0. The van der Waals surface area contributed by atoms with Crippen molar-refractivity contribution in [3.8, 4) is 0 Å². The van der Waals surface area contributed by atoms with Gasteiger partial charge < -0.3 is 10.3 Å². The Bertz CT molecular complexity index is 367. The number of nitrogens with two attached hydrogens (primary N) is 1.